The first-order chi connectivity index (χ1) is 5.07. The van der Waals surface area contributed by atoms with E-state index in [9.17, 15) is 9.59 Å². The number of carboxylic acid groups (broad SMARTS) is 2. The van der Waals surface area contributed by atoms with E-state index in [2.05, 4.69) is 3.99 Å². The van der Waals surface area contributed by atoms with Crippen LogP contribution >= 0.6 is 0 Å². The normalized spacial score (nSPS) is 12.8. The molecule has 1 atom stereocenters. The summed E-state index contributed by atoms with van der Waals surface area (Å²) in [5.41, 5.74) is 0. The van der Waals surface area contributed by atoms with Gasteiger partial charge in [0.05, 0.1) is 0 Å². The minimum atomic E-state index is -1.18. The zero-order chi connectivity index (χ0) is 8.85. The van der Waals surface area contributed by atoms with Crippen LogP contribution in [0, 0.1) is 0 Å². The molecule has 0 aromatic heterocycles. The van der Waals surface area contributed by atoms with Crippen LogP contribution in [-0.4, -0.2) is 28.2 Å². The molecule has 0 amide bonds. The third-order valence-corrected chi connectivity index (χ3v) is 2.08. The summed E-state index contributed by atoms with van der Waals surface area (Å²) in [5, 5.41) is 16.6. The van der Waals surface area contributed by atoms with Gasteiger partial charge in [-0.2, -0.15) is 0 Å². The van der Waals surface area contributed by atoms with Crippen LogP contribution in [0.4, 0.5) is 0 Å². The second kappa shape index (κ2) is 5.20. The van der Waals surface area contributed by atoms with Crippen LogP contribution in [0.2, 0.25) is 0 Å². The predicted molar refractivity (Wildman–Crippen MR) is 31.0 cm³/mol. The average molecular weight is 340 g/mol. The Morgan fingerprint density at radius 2 is 2.09 bits per heavy atom. The Kier molecular flexibility index (Phi) is 4.97. The number of hydrogen-bond donors (Lipinski definition) is 4. The molecule has 0 aromatic carbocycles. The molecule has 0 aliphatic heterocycles. The molecule has 0 aliphatic rings. The first-order valence-electron chi connectivity index (χ1n) is 2.55. The Hall–Kier alpha value is -0.491. The fourth-order valence-corrected chi connectivity index (χ4v) is 1.43. The predicted octanol–water partition coefficient (Wildman–Crippen LogP) is -1.62. The van der Waals surface area contributed by atoms with Crippen molar-refractivity contribution in [3.05, 3.63) is 0 Å². The van der Waals surface area contributed by atoms with Crippen LogP contribution in [0.25, 0.3) is 0 Å². The third kappa shape index (κ3) is 4.86. The minimum absolute atomic E-state index is 0.434. The van der Waals surface area contributed by atoms with Gasteiger partial charge >= 0.3 is 70.8 Å². The van der Waals surface area contributed by atoms with E-state index in [4.69, 9.17) is 14.6 Å². The van der Waals surface area contributed by atoms with Crippen LogP contribution in [0.3, 0.4) is 0 Å². The molecule has 6 nitrogen and oxygen atoms in total. The SMILES string of the molecule is [NH2][Ir][NH]C(CC(=O)O)C(=O)O. The molecule has 0 fully saturated rings. The maximum absolute atomic E-state index is 10.3. The topological polar surface area (TPSA) is 113 Å². The summed E-state index contributed by atoms with van der Waals surface area (Å²) in [6, 6.07) is -1.04. The van der Waals surface area contributed by atoms with Crippen LogP contribution in [0.5, 0.6) is 0 Å². The third-order valence-electron chi connectivity index (χ3n) is 0.849. The molecule has 0 aliphatic carbocycles. The molecule has 0 bridgehead atoms. The van der Waals surface area contributed by atoms with E-state index in [0.29, 0.717) is 0 Å². The average Bonchev–Trinajstić information content (AvgIpc) is 1.86. The van der Waals surface area contributed by atoms with Gasteiger partial charge in [-0.3, -0.25) is 0 Å². The van der Waals surface area contributed by atoms with Crippen LogP contribution in [-0.2, 0) is 27.8 Å². The summed E-state index contributed by atoms with van der Waals surface area (Å²) in [5.74, 6) is -2.33. The monoisotopic (exact) mass is 341 g/mol. The molecule has 0 saturated carbocycles. The van der Waals surface area contributed by atoms with Gasteiger partial charge in [-0.05, 0) is 0 Å². The first kappa shape index (κ1) is 10.5. The van der Waals surface area contributed by atoms with Gasteiger partial charge < -0.3 is 0 Å². The quantitative estimate of drug-likeness (QED) is 0.478. The standard InChI is InChI=1S/C4H6NO4.Ir.H2N/c5-2(4(8)9)1-3(6)7;;/h2,5H,1H2,(H,6,7)(H,8,9);;1H2/q-1;+2;-1. The molecule has 0 aromatic rings. The van der Waals surface area contributed by atoms with E-state index < -0.39 is 42.6 Å². The van der Waals surface area contributed by atoms with Gasteiger partial charge in [0, 0.05) is 0 Å². The number of rotatable bonds is 5. The van der Waals surface area contributed by atoms with Gasteiger partial charge in [-0.1, -0.05) is 0 Å². The van der Waals surface area contributed by atoms with Crippen LogP contribution < -0.4 is 8.39 Å². The Morgan fingerprint density at radius 3 is 2.36 bits per heavy atom. The number of aliphatic carboxylic acids is 2. The van der Waals surface area contributed by atoms with Crippen molar-refractivity contribution in [3.63, 3.8) is 0 Å². The molecule has 0 radical (unpaired) electrons. The molecule has 11 heavy (non-hydrogen) atoms. The first-order valence-corrected chi connectivity index (χ1v) is 5.13. The Labute approximate surface area is 71.3 Å². The second-order valence-electron chi connectivity index (χ2n) is 1.68. The van der Waals surface area contributed by atoms with Crippen LogP contribution in [0.1, 0.15) is 6.42 Å². The van der Waals surface area contributed by atoms with Gasteiger partial charge in [0.15, 0.2) is 0 Å². The van der Waals surface area contributed by atoms with Gasteiger partial charge in [-0.15, -0.1) is 0 Å². The van der Waals surface area contributed by atoms with Crippen LogP contribution in [0.15, 0.2) is 0 Å². The molecular formula is C4H8IrN2O4. The molecule has 0 rings (SSSR count). The van der Waals surface area contributed by atoms with Crippen molar-refractivity contribution in [1.29, 1.82) is 0 Å². The fraction of sp³-hybridized carbons (Fsp3) is 0.500. The van der Waals surface area contributed by atoms with Gasteiger partial charge in [0.2, 0.25) is 0 Å². The Balaban J connectivity index is 3.89. The summed E-state index contributed by atoms with van der Waals surface area (Å²) in [7, 11) is 0. The maximum atomic E-state index is 10.3. The van der Waals surface area contributed by atoms with E-state index in [1.54, 1.807) is 0 Å². The number of hydrogen-bond acceptors (Lipinski definition) is 4. The van der Waals surface area contributed by atoms with Crippen molar-refractivity contribution in [2.75, 3.05) is 0 Å². The Bertz CT molecular complexity index is 162. The summed E-state index contributed by atoms with van der Waals surface area (Å²) < 4.78 is 7.54. The van der Waals surface area contributed by atoms with E-state index >= 15 is 0 Å². The summed E-state index contributed by atoms with van der Waals surface area (Å²) >= 11 is -1.01. The van der Waals surface area contributed by atoms with E-state index in [1.807, 2.05) is 0 Å². The number of carboxylic acids is 2. The zero-order valence-electron chi connectivity index (χ0n) is 5.41. The number of nitrogens with two attached hydrogens (primary N) is 1. The van der Waals surface area contributed by atoms with Gasteiger partial charge in [0.1, 0.15) is 0 Å². The number of carbonyl (C=O) groups is 2. The molecule has 1 unspecified atom stereocenters. The second-order valence-corrected chi connectivity index (χ2v) is 3.06. The van der Waals surface area contributed by atoms with Crippen molar-refractivity contribution >= 4 is 11.9 Å². The molecular weight excluding hydrogens is 332 g/mol. The fourth-order valence-electron chi connectivity index (χ4n) is 0.404. The van der Waals surface area contributed by atoms with Crippen molar-refractivity contribution < 1.29 is 38.0 Å². The molecule has 0 spiro atoms. The van der Waals surface area contributed by atoms with Gasteiger partial charge in [0.25, 0.3) is 0 Å². The molecule has 67 valence electrons. The van der Waals surface area contributed by atoms with Crippen molar-refractivity contribution in [3.8, 4) is 0 Å². The summed E-state index contributed by atoms with van der Waals surface area (Å²) in [6.07, 6.45) is -0.434. The molecule has 7 heteroatoms. The zero-order valence-corrected chi connectivity index (χ0v) is 7.80. The van der Waals surface area contributed by atoms with Gasteiger partial charge in [-0.25, -0.2) is 0 Å². The summed E-state index contributed by atoms with van der Waals surface area (Å²) in [6.45, 7) is 0. The molecule has 0 heterocycles. The van der Waals surface area contributed by atoms with Crippen molar-refractivity contribution in [2.24, 2.45) is 4.40 Å². The van der Waals surface area contributed by atoms with E-state index in [1.165, 1.54) is 0 Å². The van der Waals surface area contributed by atoms with E-state index in [-0.39, 0.29) is 0 Å². The molecule has 5 N–H and O–H groups in total. The summed E-state index contributed by atoms with van der Waals surface area (Å²) in [4.78, 5) is 20.3. The Morgan fingerprint density at radius 1 is 1.55 bits per heavy atom. The van der Waals surface area contributed by atoms with E-state index in [0.717, 1.165) is 0 Å². The molecule has 0 saturated heterocycles. The van der Waals surface area contributed by atoms with Crippen molar-refractivity contribution in [1.82, 2.24) is 3.99 Å². The number of nitrogens with one attached hydrogen (secondary N) is 1. The van der Waals surface area contributed by atoms with Crippen molar-refractivity contribution in [2.45, 2.75) is 12.5 Å².